The Kier molecular flexibility index (Phi) is 25.8. The minimum Gasteiger partial charge on any atom is -0.741 e. The number of hydrogen-bond donors (Lipinski definition) is 0. The summed E-state index contributed by atoms with van der Waals surface area (Å²) in [4.78, 5) is 23.7. The standard InChI is InChI=1S/2C9H7N3.2CHF3O3S.4H2O.Zn/c2*1-2-8(4-10-3-1)9-5-11-7-12-6-9;2*2-1(3,4)8(5,6)7;;;;;/h2*1-7H;2*(H,5,6,7);4*1H2;/q;;;;;;;;+2/p+2. The second-order valence-corrected chi connectivity index (χ2v) is 9.28. The Morgan fingerprint density at radius 3 is 0.889 bits per heavy atom. The maximum atomic E-state index is 10.7. The zero-order valence-corrected chi connectivity index (χ0v) is 26.9. The number of rotatable bonds is 2. The maximum Gasteiger partial charge on any atom is 2.00 e. The van der Waals surface area contributed by atoms with Gasteiger partial charge in [0.2, 0.25) is 0 Å². The van der Waals surface area contributed by atoms with E-state index < -0.39 is 31.3 Å². The van der Waals surface area contributed by atoms with Crippen LogP contribution in [0.3, 0.4) is 0 Å². The van der Waals surface area contributed by atoms with E-state index in [0.29, 0.717) is 0 Å². The van der Waals surface area contributed by atoms with E-state index in [4.69, 9.17) is 25.9 Å². The van der Waals surface area contributed by atoms with Crippen molar-refractivity contribution in [2.45, 2.75) is 11.0 Å². The van der Waals surface area contributed by atoms with Crippen LogP contribution in [0.4, 0.5) is 26.3 Å². The minimum absolute atomic E-state index is 0. The van der Waals surface area contributed by atoms with Gasteiger partial charge in [-0.2, -0.15) is 26.3 Å². The normalized spacial score (nSPS) is 10.1. The van der Waals surface area contributed by atoms with E-state index in [-0.39, 0.29) is 41.4 Å². The van der Waals surface area contributed by atoms with Crippen LogP contribution in [-0.2, 0) is 61.6 Å². The van der Waals surface area contributed by atoms with Crippen molar-refractivity contribution in [2.24, 2.45) is 0 Å². The van der Waals surface area contributed by atoms with Gasteiger partial charge in [0.15, 0.2) is 20.2 Å². The van der Waals surface area contributed by atoms with Crippen molar-refractivity contribution < 1.29 is 93.7 Å². The summed E-state index contributed by atoms with van der Waals surface area (Å²) < 4.78 is 118. The smallest absolute Gasteiger partial charge is 0.741 e. The number of nitrogens with zero attached hydrogens (tertiary/aromatic N) is 6. The summed E-state index contributed by atoms with van der Waals surface area (Å²) >= 11 is 0. The molecule has 4 rings (SSSR count). The van der Waals surface area contributed by atoms with Crippen LogP contribution in [0.1, 0.15) is 0 Å². The van der Waals surface area contributed by atoms with Crippen LogP contribution in [0, 0.1) is 0 Å². The fourth-order valence-corrected chi connectivity index (χ4v) is 1.96. The first-order valence-electron chi connectivity index (χ1n) is 9.78. The van der Waals surface area contributed by atoms with Gasteiger partial charge in [-0.25, -0.2) is 36.8 Å². The minimum atomic E-state index is -6.09. The van der Waals surface area contributed by atoms with Crippen molar-refractivity contribution >= 4 is 20.2 Å². The van der Waals surface area contributed by atoms with E-state index >= 15 is 0 Å². The molecule has 0 aromatic carbocycles. The molecule has 0 aliphatic rings. The molecule has 4 heterocycles. The van der Waals surface area contributed by atoms with Crippen LogP contribution >= 0.6 is 0 Å². The zero-order chi connectivity index (χ0) is 30.5. The second-order valence-electron chi connectivity index (χ2n) is 6.54. The molecule has 0 saturated carbocycles. The van der Waals surface area contributed by atoms with E-state index in [1.165, 1.54) is 12.7 Å². The molecule has 0 fully saturated rings. The molecular formula is C20H26F6N6O10S2Zn+4. The van der Waals surface area contributed by atoms with Crippen LogP contribution < -0.4 is 0 Å². The molecule has 0 bridgehead atoms. The van der Waals surface area contributed by atoms with Gasteiger partial charge < -0.3 is 31.0 Å². The number of halogens is 6. The summed E-state index contributed by atoms with van der Waals surface area (Å²) in [5, 5.41) is 0. The van der Waals surface area contributed by atoms with Crippen LogP contribution in [0.15, 0.2) is 86.5 Å². The summed E-state index contributed by atoms with van der Waals surface area (Å²) in [5.41, 5.74) is -7.23. The molecule has 0 aliphatic heterocycles. The van der Waals surface area contributed by atoms with Gasteiger partial charge in [0.1, 0.15) is 12.7 Å². The zero-order valence-electron chi connectivity index (χ0n) is 22.3. The van der Waals surface area contributed by atoms with Crippen molar-refractivity contribution in [3.05, 3.63) is 86.5 Å². The topological polar surface area (TPSA) is 324 Å². The van der Waals surface area contributed by atoms with E-state index in [1.54, 1.807) is 49.6 Å². The average molecular weight is 754 g/mol. The Bertz CT molecular complexity index is 1320. The summed E-state index contributed by atoms with van der Waals surface area (Å²) in [6.45, 7) is 0. The third-order valence-electron chi connectivity index (χ3n) is 3.68. The number of pyridine rings is 2. The molecule has 0 radical (unpaired) electrons. The molecule has 25 heteroatoms. The molecule has 0 saturated heterocycles. The van der Waals surface area contributed by atoms with E-state index in [2.05, 4.69) is 29.9 Å². The van der Waals surface area contributed by atoms with Gasteiger partial charge in [0.05, 0.1) is 0 Å². The Morgan fingerprint density at radius 2 is 0.711 bits per heavy atom. The molecule has 4 aromatic rings. The van der Waals surface area contributed by atoms with Gasteiger partial charge >= 0.3 is 30.5 Å². The number of alkyl halides is 6. The maximum absolute atomic E-state index is 10.7. The first kappa shape index (κ1) is 50.9. The fourth-order valence-electron chi connectivity index (χ4n) is 1.96. The first-order valence-corrected chi connectivity index (χ1v) is 12.6. The van der Waals surface area contributed by atoms with Gasteiger partial charge in [-0.3, -0.25) is 9.97 Å². The van der Waals surface area contributed by atoms with Crippen LogP contribution in [-0.4, -0.2) is 66.9 Å². The molecule has 45 heavy (non-hydrogen) atoms. The van der Waals surface area contributed by atoms with E-state index in [1.807, 2.05) is 24.3 Å². The van der Waals surface area contributed by atoms with Gasteiger partial charge in [0.25, 0.3) is 0 Å². The van der Waals surface area contributed by atoms with Crippen molar-refractivity contribution in [3.63, 3.8) is 0 Å². The third-order valence-corrected chi connectivity index (χ3v) is 4.81. The molecule has 4 aromatic heterocycles. The van der Waals surface area contributed by atoms with Gasteiger partial charge in [0, 0.05) is 71.8 Å². The van der Waals surface area contributed by atoms with Crippen molar-refractivity contribution in [1.29, 1.82) is 0 Å². The SMILES string of the molecule is O=S(=O)([O-])C(F)(F)F.O=S(=O)([O-])C(F)(F)F.[OH3+].[OH3+].[OH3+].[OH3+].[Zn+2].c1cncc(-c2cncnc2)c1.c1cncc(-c2cncnc2)c1. The van der Waals surface area contributed by atoms with Crippen molar-refractivity contribution in [2.75, 3.05) is 0 Å². The molecule has 12 N–H and O–H groups in total. The Morgan fingerprint density at radius 1 is 0.489 bits per heavy atom. The Hall–Kier alpha value is -3.68. The van der Waals surface area contributed by atoms with Crippen molar-refractivity contribution in [3.8, 4) is 22.3 Å². The second kappa shape index (κ2) is 22.8. The molecule has 16 nitrogen and oxygen atoms in total. The fraction of sp³-hybridized carbons (Fsp3) is 0.100. The molecule has 0 atom stereocenters. The summed E-state index contributed by atoms with van der Waals surface area (Å²) in [6.07, 6.45) is 17.2. The quantitative estimate of drug-likeness (QED) is 0.0821. The van der Waals surface area contributed by atoms with Crippen LogP contribution in [0.25, 0.3) is 22.3 Å². The van der Waals surface area contributed by atoms with Crippen LogP contribution in [0.5, 0.6) is 0 Å². The molecule has 0 spiro atoms. The number of hydrogen-bond acceptors (Lipinski definition) is 12. The molecule has 248 valence electrons. The Balaban J connectivity index is -0.000000156. The molecule has 0 unspecified atom stereocenters. The Labute approximate surface area is 263 Å². The first-order chi connectivity index (χ1) is 18.4. The third kappa shape index (κ3) is 20.1. The predicted octanol–water partition coefficient (Wildman–Crippen LogP) is -0.510. The van der Waals surface area contributed by atoms with Gasteiger partial charge in [-0.05, 0) is 12.1 Å². The average Bonchev–Trinajstić information content (AvgIpc) is 2.90. The summed E-state index contributed by atoms with van der Waals surface area (Å²) in [7, 11) is -12.2. The van der Waals surface area contributed by atoms with Crippen LogP contribution in [0.2, 0.25) is 0 Å². The molecule has 0 aliphatic carbocycles. The van der Waals surface area contributed by atoms with Gasteiger partial charge in [-0.15, -0.1) is 0 Å². The predicted molar refractivity (Wildman–Crippen MR) is 142 cm³/mol. The molecule has 0 amide bonds. The van der Waals surface area contributed by atoms with E-state index in [0.717, 1.165) is 22.3 Å². The summed E-state index contributed by atoms with van der Waals surface area (Å²) in [5.74, 6) is 0. The van der Waals surface area contributed by atoms with E-state index in [9.17, 15) is 26.3 Å². The van der Waals surface area contributed by atoms with Gasteiger partial charge in [-0.1, -0.05) is 12.1 Å². The van der Waals surface area contributed by atoms with Crippen molar-refractivity contribution in [1.82, 2.24) is 29.9 Å². The molecular weight excluding hydrogens is 728 g/mol. The summed E-state index contributed by atoms with van der Waals surface area (Å²) in [6, 6.07) is 7.74. The number of aromatic nitrogens is 6. The monoisotopic (exact) mass is 752 g/mol. The largest absolute Gasteiger partial charge is 2.00 e.